The fraction of sp³-hybridized carbons (Fsp3) is 0.724. The molecule has 0 aromatic heterocycles. The van der Waals surface area contributed by atoms with Crippen molar-refractivity contribution in [1.29, 1.82) is 0 Å². The smallest absolute Gasteiger partial charge is 0.256 e. The third-order valence-corrected chi connectivity index (χ3v) is 10.5. The number of nitrogens with zero attached hydrogens (tertiary/aromatic N) is 1. The Morgan fingerprint density at radius 2 is 1.94 bits per heavy atom. The molecule has 2 saturated heterocycles. The van der Waals surface area contributed by atoms with Gasteiger partial charge in [-0.1, -0.05) is 52.2 Å². The number of carbonyl (C=O) groups excluding carboxylic acids is 2. The SMILES string of the molecule is CC1C=CC=C2C1C(=O)C(C(=O)NC1CC3CC4(C)C(C)C[C@H]4C(C1)N3)=CN2C1CCCCC1. The molecule has 2 N–H and O–H groups in total. The van der Waals surface area contributed by atoms with E-state index in [9.17, 15) is 9.59 Å². The van der Waals surface area contributed by atoms with Crippen molar-refractivity contribution in [1.82, 2.24) is 15.5 Å². The van der Waals surface area contributed by atoms with E-state index in [-0.39, 0.29) is 29.6 Å². The monoisotopic (exact) mass is 463 g/mol. The van der Waals surface area contributed by atoms with Crippen LogP contribution in [-0.4, -0.2) is 40.8 Å². The van der Waals surface area contributed by atoms with Crippen LogP contribution < -0.4 is 10.6 Å². The summed E-state index contributed by atoms with van der Waals surface area (Å²) < 4.78 is 0. The van der Waals surface area contributed by atoms with Crippen molar-refractivity contribution in [2.75, 3.05) is 0 Å². The van der Waals surface area contributed by atoms with Gasteiger partial charge in [0.2, 0.25) is 0 Å². The van der Waals surface area contributed by atoms with E-state index >= 15 is 0 Å². The first-order valence-electron chi connectivity index (χ1n) is 13.8. The van der Waals surface area contributed by atoms with Crippen LogP contribution in [0, 0.1) is 29.1 Å². The summed E-state index contributed by atoms with van der Waals surface area (Å²) in [6, 6.07) is 1.52. The number of hydrogen-bond donors (Lipinski definition) is 2. The standard InChI is InChI=1S/C29H41N3O2/c1-17-8-7-11-25-26(17)27(33)22(16-32(25)21-9-5-4-6-10-21)28(34)31-19-13-20-15-29(3)18(2)12-23(29)24(14-19)30-20/h7-8,11,16-21,23-24,26,30H,4-6,9-10,12-15H2,1-3H3,(H,31,34)/t17?,18?,19?,20?,23-,24?,26?,29?/m0/s1. The zero-order valence-corrected chi connectivity index (χ0v) is 21.1. The summed E-state index contributed by atoms with van der Waals surface area (Å²) in [6.07, 6.45) is 18.7. The van der Waals surface area contributed by atoms with E-state index < -0.39 is 0 Å². The van der Waals surface area contributed by atoms with Crippen molar-refractivity contribution < 1.29 is 9.59 Å². The number of nitrogens with one attached hydrogen (secondary N) is 2. The number of ketones is 1. The fourth-order valence-corrected chi connectivity index (χ4v) is 8.34. The number of hydrogen-bond acceptors (Lipinski definition) is 4. The number of amides is 1. The minimum Gasteiger partial charge on any atom is -0.349 e. The van der Waals surface area contributed by atoms with E-state index in [1.165, 1.54) is 32.1 Å². The Labute approximate surface area is 204 Å². The van der Waals surface area contributed by atoms with Gasteiger partial charge < -0.3 is 15.5 Å². The number of piperidine rings is 2. The highest BCUT2D eigenvalue weighted by Gasteiger charge is 2.57. The van der Waals surface area contributed by atoms with Crippen LogP contribution in [0.3, 0.4) is 0 Å². The summed E-state index contributed by atoms with van der Waals surface area (Å²) in [5.41, 5.74) is 1.93. The molecule has 5 heteroatoms. The Balaban J connectivity index is 1.22. The van der Waals surface area contributed by atoms with Gasteiger partial charge in [-0.3, -0.25) is 9.59 Å². The minimum absolute atomic E-state index is 0.00202. The highest BCUT2D eigenvalue weighted by atomic mass is 16.2. The molecule has 2 saturated carbocycles. The van der Waals surface area contributed by atoms with Crippen LogP contribution in [0.1, 0.15) is 78.6 Å². The van der Waals surface area contributed by atoms with Crippen LogP contribution >= 0.6 is 0 Å². The van der Waals surface area contributed by atoms with Crippen LogP contribution in [0.2, 0.25) is 0 Å². The van der Waals surface area contributed by atoms with Gasteiger partial charge in [-0.2, -0.15) is 0 Å². The van der Waals surface area contributed by atoms with Crippen molar-refractivity contribution in [3.63, 3.8) is 0 Å². The predicted molar refractivity (Wildman–Crippen MR) is 134 cm³/mol. The molecule has 3 heterocycles. The summed E-state index contributed by atoms with van der Waals surface area (Å²) in [5, 5.41) is 7.19. The second-order valence-electron chi connectivity index (χ2n) is 12.5. The van der Waals surface area contributed by atoms with Crippen molar-refractivity contribution >= 4 is 11.7 Å². The van der Waals surface area contributed by atoms with E-state index in [0.717, 1.165) is 43.2 Å². The molecule has 0 spiro atoms. The van der Waals surface area contributed by atoms with Gasteiger partial charge in [0.1, 0.15) is 0 Å². The van der Waals surface area contributed by atoms with Gasteiger partial charge in [-0.25, -0.2) is 0 Å². The van der Waals surface area contributed by atoms with Crippen LogP contribution in [-0.2, 0) is 9.59 Å². The first-order valence-corrected chi connectivity index (χ1v) is 13.8. The maximum absolute atomic E-state index is 13.6. The van der Waals surface area contributed by atoms with E-state index in [1.54, 1.807) is 0 Å². The number of allylic oxidation sites excluding steroid dienone is 4. The average molecular weight is 464 g/mol. The van der Waals surface area contributed by atoms with Gasteiger partial charge in [0.25, 0.3) is 5.91 Å². The lowest BCUT2D eigenvalue weighted by Gasteiger charge is -2.63. The second kappa shape index (κ2) is 8.36. The summed E-state index contributed by atoms with van der Waals surface area (Å²) >= 11 is 0. The predicted octanol–water partition coefficient (Wildman–Crippen LogP) is 4.47. The van der Waals surface area contributed by atoms with Gasteiger partial charge in [-0.05, 0) is 67.8 Å². The lowest BCUT2D eigenvalue weighted by atomic mass is 9.47. The van der Waals surface area contributed by atoms with E-state index in [4.69, 9.17) is 0 Å². The van der Waals surface area contributed by atoms with Crippen molar-refractivity contribution in [2.24, 2.45) is 29.1 Å². The molecule has 0 radical (unpaired) electrons. The van der Waals surface area contributed by atoms with Crippen LogP contribution in [0.25, 0.3) is 0 Å². The number of fused-ring (bicyclic) bond motifs is 5. The molecule has 7 unspecified atom stereocenters. The van der Waals surface area contributed by atoms with Crippen molar-refractivity contribution in [3.8, 4) is 0 Å². The maximum Gasteiger partial charge on any atom is 0.256 e. The molecule has 184 valence electrons. The lowest BCUT2D eigenvalue weighted by Crippen LogP contribution is -2.68. The Bertz CT molecular complexity index is 960. The first kappa shape index (κ1) is 22.6. The van der Waals surface area contributed by atoms with Gasteiger partial charge in [0.05, 0.1) is 11.5 Å². The molecule has 2 bridgehead atoms. The molecule has 6 rings (SSSR count). The van der Waals surface area contributed by atoms with E-state index in [2.05, 4.69) is 54.5 Å². The highest BCUT2D eigenvalue weighted by Crippen LogP contribution is 2.59. The summed E-state index contributed by atoms with van der Waals surface area (Å²) in [4.78, 5) is 29.5. The number of Topliss-reactive ketones (excluding diaryl/α,β-unsaturated/α-hetero) is 1. The molecule has 8 atom stereocenters. The molecule has 0 aromatic rings. The first-order chi connectivity index (χ1) is 16.3. The molecule has 6 aliphatic rings. The molecule has 5 nitrogen and oxygen atoms in total. The number of carbonyl (C=O) groups is 2. The van der Waals surface area contributed by atoms with Crippen LogP contribution in [0.4, 0.5) is 0 Å². The lowest BCUT2D eigenvalue weighted by molar-refractivity contribution is -0.127. The Morgan fingerprint density at radius 3 is 2.71 bits per heavy atom. The Morgan fingerprint density at radius 1 is 1.15 bits per heavy atom. The van der Waals surface area contributed by atoms with E-state index in [1.807, 2.05) is 6.20 Å². The van der Waals surface area contributed by atoms with Crippen molar-refractivity contribution in [2.45, 2.75) is 103 Å². The number of rotatable bonds is 3. The van der Waals surface area contributed by atoms with Gasteiger partial charge in [0, 0.05) is 36.1 Å². The molecule has 3 aliphatic carbocycles. The van der Waals surface area contributed by atoms with Gasteiger partial charge in [-0.15, -0.1) is 0 Å². The third kappa shape index (κ3) is 3.53. The Hall–Kier alpha value is -1.88. The van der Waals surface area contributed by atoms with Gasteiger partial charge in [0.15, 0.2) is 5.78 Å². The minimum atomic E-state index is -0.234. The zero-order chi connectivity index (χ0) is 23.6. The largest absolute Gasteiger partial charge is 0.349 e. The quantitative estimate of drug-likeness (QED) is 0.607. The Kier molecular flexibility index (Phi) is 5.55. The third-order valence-electron chi connectivity index (χ3n) is 10.5. The topological polar surface area (TPSA) is 61.4 Å². The highest BCUT2D eigenvalue weighted by molar-refractivity contribution is 6.21. The van der Waals surface area contributed by atoms with Crippen LogP contribution in [0.5, 0.6) is 0 Å². The summed E-state index contributed by atoms with van der Waals surface area (Å²) in [5.74, 6) is 1.26. The van der Waals surface area contributed by atoms with Crippen LogP contribution in [0.15, 0.2) is 35.7 Å². The summed E-state index contributed by atoms with van der Waals surface area (Å²) in [7, 11) is 0. The molecule has 34 heavy (non-hydrogen) atoms. The molecule has 0 aromatic carbocycles. The molecule has 1 amide bonds. The molecule has 4 fully saturated rings. The van der Waals surface area contributed by atoms with E-state index in [0.29, 0.717) is 29.1 Å². The normalized spacial score (nSPS) is 43.8. The molecular weight excluding hydrogens is 422 g/mol. The maximum atomic E-state index is 13.6. The molecular formula is C29H41N3O2. The zero-order valence-electron chi connectivity index (χ0n) is 21.1. The van der Waals surface area contributed by atoms with Gasteiger partial charge >= 0.3 is 0 Å². The van der Waals surface area contributed by atoms with Crippen molar-refractivity contribution in [3.05, 3.63) is 35.7 Å². The molecule has 3 aliphatic heterocycles. The second-order valence-corrected chi connectivity index (χ2v) is 12.5. The summed E-state index contributed by atoms with van der Waals surface area (Å²) in [6.45, 7) is 6.98. The average Bonchev–Trinajstić information content (AvgIpc) is 2.82. The fourth-order valence-electron chi connectivity index (χ4n) is 8.34.